The molecule has 0 N–H and O–H groups in total. The number of nitrogens with zero attached hydrogens (tertiary/aromatic N) is 1. The van der Waals surface area contributed by atoms with Gasteiger partial charge in [0, 0.05) is 13.1 Å². The predicted molar refractivity (Wildman–Crippen MR) is 95.2 cm³/mol. The predicted octanol–water partition coefficient (Wildman–Crippen LogP) is 4.20. The van der Waals surface area contributed by atoms with Crippen LogP contribution in [0.25, 0.3) is 5.57 Å². The van der Waals surface area contributed by atoms with Gasteiger partial charge in [0.05, 0.1) is 5.41 Å². The summed E-state index contributed by atoms with van der Waals surface area (Å²) in [6, 6.07) is 18.6. The minimum absolute atomic E-state index is 0.184. The van der Waals surface area contributed by atoms with Gasteiger partial charge in [-0.1, -0.05) is 66.2 Å². The lowest BCUT2D eigenvalue weighted by atomic mass is 9.83. The summed E-state index contributed by atoms with van der Waals surface area (Å²) in [6.45, 7) is 7.48. The molecule has 1 amide bonds. The van der Waals surface area contributed by atoms with Gasteiger partial charge >= 0.3 is 0 Å². The lowest BCUT2D eigenvalue weighted by molar-refractivity contribution is -0.134. The smallest absolute Gasteiger partial charge is 0.233 e. The fourth-order valence-corrected chi connectivity index (χ4v) is 3.06. The van der Waals surface area contributed by atoms with Crippen LogP contribution in [-0.2, 0) is 10.2 Å². The largest absolute Gasteiger partial charge is 0.334 e. The molecule has 0 saturated carbocycles. The number of carbonyl (C=O) groups excluding carboxylic acids is 1. The van der Waals surface area contributed by atoms with E-state index in [1.54, 1.807) is 0 Å². The molecule has 2 nitrogen and oxygen atoms in total. The number of aryl methyl sites for hydroxylation is 1. The Labute approximate surface area is 138 Å². The number of rotatable bonds is 3. The summed E-state index contributed by atoms with van der Waals surface area (Å²) in [7, 11) is 0. The fraction of sp³-hybridized carbons (Fsp3) is 0.286. The van der Waals surface area contributed by atoms with E-state index in [-0.39, 0.29) is 5.91 Å². The van der Waals surface area contributed by atoms with Crippen molar-refractivity contribution in [2.45, 2.75) is 26.2 Å². The summed E-state index contributed by atoms with van der Waals surface area (Å²) in [6.07, 6.45) is 2.17. The molecular weight excluding hydrogens is 282 g/mol. The van der Waals surface area contributed by atoms with Gasteiger partial charge in [0.2, 0.25) is 5.91 Å². The molecule has 2 aromatic carbocycles. The molecule has 0 aliphatic carbocycles. The van der Waals surface area contributed by atoms with Gasteiger partial charge in [0.15, 0.2) is 0 Å². The van der Waals surface area contributed by atoms with E-state index in [9.17, 15) is 4.79 Å². The lowest BCUT2D eigenvalue weighted by Gasteiger charge is -2.30. The van der Waals surface area contributed by atoms with Crippen LogP contribution in [-0.4, -0.2) is 23.9 Å². The standard InChI is InChI=1S/C21H23NO/c1-16-9-11-19(12-10-16)21(2,3)20(23)22-14-13-18(15-22)17-7-5-4-6-8-17/h4-13H,14-15H2,1-3H3. The molecule has 118 valence electrons. The summed E-state index contributed by atoms with van der Waals surface area (Å²) in [4.78, 5) is 15.0. The van der Waals surface area contributed by atoms with Crippen molar-refractivity contribution in [1.82, 2.24) is 4.90 Å². The maximum atomic E-state index is 13.0. The molecule has 1 aliphatic rings. The zero-order valence-electron chi connectivity index (χ0n) is 14.0. The monoisotopic (exact) mass is 305 g/mol. The number of hydrogen-bond donors (Lipinski definition) is 0. The molecule has 23 heavy (non-hydrogen) atoms. The third-order valence-corrected chi connectivity index (χ3v) is 4.66. The molecular formula is C21H23NO. The van der Waals surface area contributed by atoms with Crippen molar-refractivity contribution >= 4 is 11.5 Å². The van der Waals surface area contributed by atoms with Crippen LogP contribution in [0.4, 0.5) is 0 Å². The van der Waals surface area contributed by atoms with Crippen molar-refractivity contribution < 1.29 is 4.79 Å². The Morgan fingerprint density at radius 1 is 1.00 bits per heavy atom. The molecule has 0 unspecified atom stereocenters. The quantitative estimate of drug-likeness (QED) is 0.832. The number of amides is 1. The van der Waals surface area contributed by atoms with Crippen molar-refractivity contribution in [2.75, 3.05) is 13.1 Å². The maximum absolute atomic E-state index is 13.0. The SMILES string of the molecule is Cc1ccc(C(C)(C)C(=O)N2CC=C(c3ccccc3)C2)cc1. The second kappa shape index (κ2) is 6.04. The number of carbonyl (C=O) groups is 1. The van der Waals surface area contributed by atoms with Crippen molar-refractivity contribution in [2.24, 2.45) is 0 Å². The van der Waals surface area contributed by atoms with Crippen molar-refractivity contribution in [3.05, 3.63) is 77.4 Å². The summed E-state index contributed by atoms with van der Waals surface area (Å²) in [5, 5.41) is 0. The fourth-order valence-electron chi connectivity index (χ4n) is 3.06. The summed E-state index contributed by atoms with van der Waals surface area (Å²) >= 11 is 0. The van der Waals surface area contributed by atoms with Gasteiger partial charge in [0.25, 0.3) is 0 Å². The van der Waals surface area contributed by atoms with E-state index in [1.165, 1.54) is 16.7 Å². The van der Waals surface area contributed by atoms with Gasteiger partial charge in [0.1, 0.15) is 0 Å². The van der Waals surface area contributed by atoms with Crippen LogP contribution in [0, 0.1) is 6.92 Å². The molecule has 0 radical (unpaired) electrons. The highest BCUT2D eigenvalue weighted by Crippen LogP contribution is 2.29. The van der Waals surface area contributed by atoms with Gasteiger partial charge in [-0.25, -0.2) is 0 Å². The number of hydrogen-bond acceptors (Lipinski definition) is 1. The third-order valence-electron chi connectivity index (χ3n) is 4.66. The highest BCUT2D eigenvalue weighted by atomic mass is 16.2. The first kappa shape index (κ1) is 15.5. The minimum atomic E-state index is -0.506. The average Bonchev–Trinajstić information content (AvgIpc) is 3.05. The molecule has 0 saturated heterocycles. The van der Waals surface area contributed by atoms with Crippen LogP contribution < -0.4 is 0 Å². The van der Waals surface area contributed by atoms with E-state index in [4.69, 9.17) is 0 Å². The summed E-state index contributed by atoms with van der Waals surface area (Å²) < 4.78 is 0. The Hall–Kier alpha value is -2.35. The second-order valence-corrected chi connectivity index (χ2v) is 6.77. The summed E-state index contributed by atoms with van der Waals surface area (Å²) in [5.74, 6) is 0.184. The van der Waals surface area contributed by atoms with E-state index >= 15 is 0 Å². The first-order valence-corrected chi connectivity index (χ1v) is 8.09. The van der Waals surface area contributed by atoms with E-state index < -0.39 is 5.41 Å². The number of benzene rings is 2. The zero-order chi connectivity index (χ0) is 16.4. The molecule has 0 fully saturated rings. The van der Waals surface area contributed by atoms with Crippen LogP contribution in [0.3, 0.4) is 0 Å². The van der Waals surface area contributed by atoms with Crippen LogP contribution in [0.15, 0.2) is 60.7 Å². The van der Waals surface area contributed by atoms with E-state index in [0.717, 1.165) is 5.56 Å². The van der Waals surface area contributed by atoms with E-state index in [2.05, 4.69) is 49.4 Å². The zero-order valence-corrected chi connectivity index (χ0v) is 14.0. The molecule has 1 aliphatic heterocycles. The lowest BCUT2D eigenvalue weighted by Crippen LogP contribution is -2.42. The minimum Gasteiger partial charge on any atom is -0.334 e. The molecule has 2 aromatic rings. The molecule has 3 rings (SSSR count). The Morgan fingerprint density at radius 3 is 2.30 bits per heavy atom. The van der Waals surface area contributed by atoms with Gasteiger partial charge in [-0.05, 0) is 37.5 Å². The normalized spacial score (nSPS) is 14.7. The Morgan fingerprint density at radius 2 is 1.65 bits per heavy atom. The molecule has 1 heterocycles. The molecule has 0 aromatic heterocycles. The van der Waals surface area contributed by atoms with Crippen LogP contribution in [0.2, 0.25) is 0 Å². The van der Waals surface area contributed by atoms with Crippen molar-refractivity contribution in [3.8, 4) is 0 Å². The highest BCUT2D eigenvalue weighted by molar-refractivity contribution is 5.90. The highest BCUT2D eigenvalue weighted by Gasteiger charge is 2.35. The van der Waals surface area contributed by atoms with Crippen molar-refractivity contribution in [3.63, 3.8) is 0 Å². The maximum Gasteiger partial charge on any atom is 0.233 e. The summed E-state index contributed by atoms with van der Waals surface area (Å²) in [5.41, 5.74) is 4.22. The average molecular weight is 305 g/mol. The third kappa shape index (κ3) is 3.07. The molecule has 2 heteroatoms. The van der Waals surface area contributed by atoms with E-state index in [1.807, 2.05) is 36.9 Å². The van der Waals surface area contributed by atoms with Crippen LogP contribution in [0.5, 0.6) is 0 Å². The Kier molecular flexibility index (Phi) is 4.08. The van der Waals surface area contributed by atoms with Crippen molar-refractivity contribution in [1.29, 1.82) is 0 Å². The topological polar surface area (TPSA) is 20.3 Å². The Balaban J connectivity index is 1.76. The molecule has 0 atom stereocenters. The van der Waals surface area contributed by atoms with E-state index in [0.29, 0.717) is 13.1 Å². The van der Waals surface area contributed by atoms with Crippen LogP contribution >= 0.6 is 0 Å². The van der Waals surface area contributed by atoms with Gasteiger partial charge in [-0.15, -0.1) is 0 Å². The van der Waals surface area contributed by atoms with Gasteiger partial charge in [-0.3, -0.25) is 4.79 Å². The van der Waals surface area contributed by atoms with Crippen LogP contribution in [0.1, 0.15) is 30.5 Å². The Bertz CT molecular complexity index is 726. The first-order chi connectivity index (χ1) is 11.0. The second-order valence-electron chi connectivity index (χ2n) is 6.77. The molecule has 0 spiro atoms. The van der Waals surface area contributed by atoms with Gasteiger partial charge < -0.3 is 4.90 Å². The molecule has 0 bridgehead atoms. The van der Waals surface area contributed by atoms with Gasteiger partial charge in [-0.2, -0.15) is 0 Å². The first-order valence-electron chi connectivity index (χ1n) is 8.09.